The number of hydrogen-bond donors (Lipinski definition) is 0. The Morgan fingerprint density at radius 2 is 0.471 bits per heavy atom. The molecule has 0 aromatic heterocycles. The van der Waals surface area contributed by atoms with Crippen molar-refractivity contribution in [1.82, 2.24) is 0 Å². The third kappa shape index (κ3) is 11.6. The Morgan fingerprint density at radius 3 is 0.814 bits per heavy atom. The van der Waals surface area contributed by atoms with Gasteiger partial charge in [0, 0.05) is 82.2 Å². The van der Waals surface area contributed by atoms with Crippen LogP contribution < -0.4 is 9.80 Å². The maximum absolute atomic E-state index is 2.52. The molecule has 0 spiro atoms. The molecule has 17 aromatic rings. The molecule has 102 heavy (non-hydrogen) atoms. The van der Waals surface area contributed by atoms with Gasteiger partial charge in [0.25, 0.3) is 0 Å². The second-order valence-electron chi connectivity index (χ2n) is 25.6. The summed E-state index contributed by atoms with van der Waals surface area (Å²) in [6.07, 6.45) is 0. The van der Waals surface area contributed by atoms with Crippen LogP contribution in [-0.4, -0.2) is 0 Å². The molecule has 5 heteroatoms. The second-order valence-corrected chi connectivity index (χ2v) is 32.9. The van der Waals surface area contributed by atoms with E-state index < -0.39 is 20.1 Å². The molecule has 0 saturated heterocycles. The van der Waals surface area contributed by atoms with Gasteiger partial charge < -0.3 is 9.80 Å². The van der Waals surface area contributed by atoms with Crippen molar-refractivity contribution in [3.05, 3.63) is 424 Å². The van der Waals surface area contributed by atoms with Crippen molar-refractivity contribution < 1.29 is 0 Å². The van der Waals surface area contributed by atoms with Crippen molar-refractivity contribution in [3.8, 4) is 22.3 Å². The number of hydrogen-bond acceptors (Lipinski definition) is 3. The lowest BCUT2D eigenvalue weighted by molar-refractivity contribution is 1.24. The lowest BCUT2D eigenvalue weighted by Crippen LogP contribution is -2.13. The van der Waals surface area contributed by atoms with E-state index in [0.29, 0.717) is 0 Å². The van der Waals surface area contributed by atoms with Crippen LogP contribution in [0.15, 0.2) is 468 Å². The van der Waals surface area contributed by atoms with Crippen LogP contribution in [0.2, 0.25) is 0 Å². The lowest BCUT2D eigenvalue weighted by Gasteiger charge is -2.42. The van der Waals surface area contributed by atoms with E-state index in [9.17, 15) is 0 Å². The van der Waals surface area contributed by atoms with Gasteiger partial charge in [0.05, 0.1) is 22.7 Å². The van der Waals surface area contributed by atoms with Crippen molar-refractivity contribution in [2.24, 2.45) is 0 Å². The first-order chi connectivity index (χ1) is 50.5. The fourth-order valence-corrected chi connectivity index (χ4v) is 23.5. The molecule has 0 aliphatic rings. The number of benzene rings is 17. The fourth-order valence-electron chi connectivity index (χ4n) is 15.0. The van der Waals surface area contributed by atoms with Crippen LogP contribution in [0, 0.1) is 6.92 Å². The molecule has 0 aliphatic carbocycles. The highest BCUT2D eigenvalue weighted by Crippen LogP contribution is 2.75. The van der Waals surface area contributed by atoms with E-state index >= 15 is 0 Å². The molecule has 17 aromatic carbocycles. The predicted octanol–water partition coefficient (Wildman–Crippen LogP) is 28.6. The average Bonchev–Trinajstić information content (AvgIpc) is 0.736. The van der Waals surface area contributed by atoms with Crippen molar-refractivity contribution in [3.63, 3.8) is 0 Å². The highest BCUT2D eigenvalue weighted by Gasteiger charge is 2.35. The van der Waals surface area contributed by atoms with Crippen LogP contribution in [-0.2, 0) is 0 Å². The fraction of sp³-hybridized carbons (Fsp3) is 0.0103. The molecule has 0 saturated carbocycles. The average molecular weight is 1360 g/mol. The SMILES string of the molecule is Cc1ccc(N(c2ccccc2-c2ccc(S(c3ccccc3)(c3ccccc3)c3ccccc3)cc2)c2cc3c4ccccc4c(N(c4ccc(Sc5ccccc5)cc4)c4ccccc4-c4ccc(S(c5ccccc5)(c5ccccc5)c5ccccc5)cc4)cc3c3ccccc23)cc1. The highest BCUT2D eigenvalue weighted by atomic mass is 32.3. The molecular weight excluding hydrogens is 1290 g/mol. The zero-order chi connectivity index (χ0) is 68.2. The molecule has 0 heterocycles. The number of nitrogens with zero attached hydrogens (tertiary/aromatic N) is 2. The maximum atomic E-state index is 2.52. The first kappa shape index (κ1) is 63.6. The molecule has 0 N–H and O–H groups in total. The molecule has 17 rings (SSSR count). The Kier molecular flexibility index (Phi) is 17.5. The monoisotopic (exact) mass is 1360 g/mol. The predicted molar refractivity (Wildman–Crippen MR) is 434 cm³/mol. The number of anilines is 6. The van der Waals surface area contributed by atoms with Crippen molar-refractivity contribution in [2.45, 2.75) is 55.9 Å². The third-order valence-electron chi connectivity index (χ3n) is 19.6. The molecule has 0 atom stereocenters. The van der Waals surface area contributed by atoms with E-state index in [0.717, 1.165) is 77.9 Å². The Bertz CT molecular complexity index is 5560. The Hall–Kier alpha value is -11.8. The summed E-state index contributed by atoms with van der Waals surface area (Å²) in [5.41, 5.74) is 12.2. The van der Waals surface area contributed by atoms with E-state index in [4.69, 9.17) is 0 Å². The minimum atomic E-state index is -1.92. The number of rotatable bonds is 18. The standard InChI is InChI=1S/C97H72N2S3/c1-71-53-59-74(60-54-71)98(94-51-29-27-45-86(94)72-55-65-84(66-56-72)101(78-33-11-3-12-34-78,79-35-13-4-14-36-79)80-37-15-5-16-38-80)96-69-92-89-48-24-26-50-91(89)97(70-93(92)88-47-23-25-49-90(88)96)99(75-61-63-77(64-62-75)100-76-31-9-2-10-32-76)95-52-30-28-46-87(95)73-57-67-85(68-58-73)102(81-39-17-6-18-40-81,82-41-19-7-20-42-82)83-43-21-8-22-44-83/h2-70H,1H3. The summed E-state index contributed by atoms with van der Waals surface area (Å²) in [7, 11) is -3.82. The minimum absolute atomic E-state index is 1.06. The molecular formula is C97H72N2S3. The van der Waals surface area contributed by atoms with E-state index in [-0.39, 0.29) is 0 Å². The van der Waals surface area contributed by atoms with Crippen LogP contribution in [0.3, 0.4) is 0 Å². The summed E-state index contributed by atoms with van der Waals surface area (Å²) in [6, 6.07) is 156. The van der Waals surface area contributed by atoms with Crippen LogP contribution in [0.25, 0.3) is 54.6 Å². The van der Waals surface area contributed by atoms with Crippen molar-refractivity contribution in [1.29, 1.82) is 0 Å². The first-order valence-electron chi connectivity index (χ1n) is 34.8. The molecule has 0 unspecified atom stereocenters. The van der Waals surface area contributed by atoms with Gasteiger partial charge in [-0.3, -0.25) is 0 Å². The smallest absolute Gasteiger partial charge is 0.0546 e. The Labute approximate surface area is 605 Å². The normalized spacial score (nSPS) is 11.9. The Morgan fingerprint density at radius 1 is 0.206 bits per heavy atom. The molecule has 0 amide bonds. The molecule has 0 radical (unpaired) electrons. The lowest BCUT2D eigenvalue weighted by atomic mass is 9.92. The van der Waals surface area contributed by atoms with Gasteiger partial charge in [-0.05, 0) is 209 Å². The van der Waals surface area contributed by atoms with Crippen LogP contribution in [0.4, 0.5) is 34.1 Å². The van der Waals surface area contributed by atoms with E-state index in [1.165, 1.54) is 65.3 Å². The van der Waals surface area contributed by atoms with E-state index in [1.54, 1.807) is 11.8 Å². The summed E-state index contributed by atoms with van der Waals surface area (Å²) in [5, 5.41) is 6.95. The van der Waals surface area contributed by atoms with Gasteiger partial charge in [-0.15, -0.1) is 20.1 Å². The zero-order valence-electron chi connectivity index (χ0n) is 56.5. The Balaban J connectivity index is 0.841. The largest absolute Gasteiger partial charge is 0.309 e. The van der Waals surface area contributed by atoms with Gasteiger partial charge in [-0.1, -0.05) is 266 Å². The van der Waals surface area contributed by atoms with E-state index in [2.05, 4.69) is 435 Å². The van der Waals surface area contributed by atoms with Gasteiger partial charge >= 0.3 is 0 Å². The van der Waals surface area contributed by atoms with Gasteiger partial charge in [0.1, 0.15) is 0 Å². The van der Waals surface area contributed by atoms with Gasteiger partial charge in [-0.25, -0.2) is 0 Å². The van der Waals surface area contributed by atoms with Crippen LogP contribution in [0.1, 0.15) is 5.56 Å². The van der Waals surface area contributed by atoms with E-state index in [1.807, 2.05) is 0 Å². The number of aryl methyl sites for hydroxylation is 1. The summed E-state index contributed by atoms with van der Waals surface area (Å²) in [5.74, 6) is 0. The summed E-state index contributed by atoms with van der Waals surface area (Å²) in [4.78, 5) is 17.7. The summed E-state index contributed by atoms with van der Waals surface area (Å²) in [6.45, 7) is 2.17. The maximum Gasteiger partial charge on any atom is 0.0546 e. The highest BCUT2D eigenvalue weighted by molar-refractivity contribution is 8.34. The molecule has 2 nitrogen and oxygen atoms in total. The van der Waals surface area contributed by atoms with Gasteiger partial charge in [0.15, 0.2) is 0 Å². The minimum Gasteiger partial charge on any atom is -0.309 e. The molecule has 0 aliphatic heterocycles. The summed E-state index contributed by atoms with van der Waals surface area (Å²) < 4.78 is 0. The number of para-hydroxylation sites is 2. The zero-order valence-corrected chi connectivity index (χ0v) is 58.9. The van der Waals surface area contributed by atoms with Gasteiger partial charge in [0.2, 0.25) is 0 Å². The quantitative estimate of drug-likeness (QED) is 0.0791. The topological polar surface area (TPSA) is 6.48 Å². The molecule has 0 fully saturated rings. The third-order valence-corrected chi connectivity index (χ3v) is 28.4. The van der Waals surface area contributed by atoms with Gasteiger partial charge in [-0.2, -0.15) is 0 Å². The molecule has 488 valence electrons. The molecule has 0 bridgehead atoms. The van der Waals surface area contributed by atoms with Crippen LogP contribution in [0.5, 0.6) is 0 Å². The van der Waals surface area contributed by atoms with Crippen molar-refractivity contribution in [2.75, 3.05) is 9.80 Å². The first-order valence-corrected chi connectivity index (χ1v) is 38.8. The van der Waals surface area contributed by atoms with Crippen LogP contribution >= 0.6 is 31.8 Å². The second kappa shape index (κ2) is 28.1. The van der Waals surface area contributed by atoms with Crippen molar-refractivity contribution >= 4 is 98.3 Å². The number of fused-ring (bicyclic) bond motifs is 5. The summed E-state index contributed by atoms with van der Waals surface area (Å²) >= 11 is 1.78.